The molecule has 0 fully saturated rings. The predicted molar refractivity (Wildman–Crippen MR) is 153 cm³/mol. The summed E-state index contributed by atoms with van der Waals surface area (Å²) in [6.45, 7) is 2.96. The van der Waals surface area contributed by atoms with Gasteiger partial charge in [-0.15, -0.1) is 0 Å². The molecule has 1 N–H and O–H groups in total. The highest BCUT2D eigenvalue weighted by molar-refractivity contribution is 7.92. The molecule has 0 saturated carbocycles. The summed E-state index contributed by atoms with van der Waals surface area (Å²) in [5, 5.41) is 2.78. The highest BCUT2D eigenvalue weighted by atomic mass is 32.2. The van der Waals surface area contributed by atoms with Crippen LogP contribution in [0.25, 0.3) is 0 Å². The van der Waals surface area contributed by atoms with E-state index < -0.39 is 46.2 Å². The Bertz CT molecular complexity index is 1450. The van der Waals surface area contributed by atoms with E-state index in [4.69, 9.17) is 4.74 Å². The summed E-state index contributed by atoms with van der Waals surface area (Å²) in [4.78, 5) is 27.9. The molecular weight excluding hydrogens is 571 g/mol. The highest BCUT2D eigenvalue weighted by Crippen LogP contribution is 2.33. The Morgan fingerprint density at radius 2 is 1.64 bits per heavy atom. The van der Waals surface area contributed by atoms with Gasteiger partial charge in [-0.1, -0.05) is 49.7 Å². The van der Waals surface area contributed by atoms with Crippen molar-refractivity contribution in [2.45, 2.75) is 50.3 Å². The van der Waals surface area contributed by atoms with Gasteiger partial charge in [0.15, 0.2) is 0 Å². The first-order chi connectivity index (χ1) is 19.9. The fourth-order valence-electron chi connectivity index (χ4n) is 4.13. The second-order valence-electron chi connectivity index (χ2n) is 9.56. The zero-order valence-electron chi connectivity index (χ0n) is 23.6. The summed E-state index contributed by atoms with van der Waals surface area (Å²) in [6.07, 6.45) is -3.18. The lowest BCUT2D eigenvalue weighted by molar-refractivity contribution is -0.139. The van der Waals surface area contributed by atoms with E-state index in [0.717, 1.165) is 25.0 Å². The van der Waals surface area contributed by atoms with Crippen molar-refractivity contribution in [2.75, 3.05) is 24.5 Å². The summed E-state index contributed by atoms with van der Waals surface area (Å²) in [7, 11) is -2.99. The van der Waals surface area contributed by atoms with Gasteiger partial charge in [-0.25, -0.2) is 8.42 Å². The predicted octanol–water partition coefficient (Wildman–Crippen LogP) is 5.24. The smallest absolute Gasteiger partial charge is 0.416 e. The molecule has 0 radical (unpaired) electrons. The standard InChI is InChI=1S/C30H34F3N3O5S/c1-4-5-18-34-29(38)22(2)35(20-23-14-16-26(41-3)17-15-23)28(37)21-36(42(39,40)27-12-7-6-8-13-27)25-11-9-10-24(19-25)30(31,32)33/h6-17,19,22H,4-5,18,20-21H2,1-3H3,(H,34,38). The van der Waals surface area contributed by atoms with E-state index in [9.17, 15) is 31.2 Å². The van der Waals surface area contributed by atoms with Crippen molar-refractivity contribution < 1.29 is 35.9 Å². The van der Waals surface area contributed by atoms with E-state index in [1.165, 1.54) is 49.3 Å². The Balaban J connectivity index is 2.04. The van der Waals surface area contributed by atoms with E-state index in [1.54, 1.807) is 30.3 Å². The third-order valence-electron chi connectivity index (χ3n) is 6.58. The van der Waals surface area contributed by atoms with Crippen LogP contribution in [0.3, 0.4) is 0 Å². The summed E-state index contributed by atoms with van der Waals surface area (Å²) < 4.78 is 74.0. The summed E-state index contributed by atoms with van der Waals surface area (Å²) in [6, 6.07) is 16.6. The molecule has 0 aliphatic heterocycles. The van der Waals surface area contributed by atoms with Crippen LogP contribution < -0.4 is 14.4 Å². The third kappa shape index (κ3) is 8.25. The molecule has 1 atom stereocenters. The number of nitrogens with one attached hydrogen (secondary N) is 1. The van der Waals surface area contributed by atoms with Gasteiger partial charge in [0.25, 0.3) is 10.0 Å². The molecule has 226 valence electrons. The van der Waals surface area contributed by atoms with Crippen LogP contribution in [0, 0.1) is 0 Å². The number of benzene rings is 3. The number of anilines is 1. The number of hydrogen-bond acceptors (Lipinski definition) is 5. The molecule has 3 aromatic rings. The molecule has 3 rings (SSSR count). The van der Waals surface area contributed by atoms with Gasteiger partial charge in [-0.3, -0.25) is 13.9 Å². The van der Waals surface area contributed by atoms with E-state index in [1.807, 2.05) is 6.92 Å². The number of rotatable bonds is 13. The van der Waals surface area contributed by atoms with Gasteiger partial charge in [0, 0.05) is 13.1 Å². The number of nitrogens with zero attached hydrogens (tertiary/aromatic N) is 2. The Kier molecular flexibility index (Phi) is 11.0. The number of alkyl halides is 3. The van der Waals surface area contributed by atoms with Gasteiger partial charge in [-0.2, -0.15) is 13.2 Å². The van der Waals surface area contributed by atoms with Gasteiger partial charge >= 0.3 is 6.18 Å². The lowest BCUT2D eigenvalue weighted by Crippen LogP contribution is -2.51. The maximum absolute atomic E-state index is 13.9. The summed E-state index contributed by atoms with van der Waals surface area (Å²) in [5.74, 6) is -0.644. The maximum Gasteiger partial charge on any atom is 0.416 e. The largest absolute Gasteiger partial charge is 0.497 e. The monoisotopic (exact) mass is 605 g/mol. The fraction of sp³-hybridized carbons (Fsp3) is 0.333. The van der Waals surface area contributed by atoms with Crippen LogP contribution in [0.5, 0.6) is 5.75 Å². The van der Waals surface area contributed by atoms with Gasteiger partial charge in [0.1, 0.15) is 18.3 Å². The molecule has 0 aliphatic carbocycles. The minimum absolute atomic E-state index is 0.0625. The maximum atomic E-state index is 13.9. The Morgan fingerprint density at radius 3 is 2.24 bits per heavy atom. The molecule has 0 heterocycles. The van der Waals surface area contributed by atoms with Crippen LogP contribution in [0.15, 0.2) is 83.8 Å². The van der Waals surface area contributed by atoms with Crippen molar-refractivity contribution in [1.82, 2.24) is 10.2 Å². The molecular formula is C30H34F3N3O5S. The lowest BCUT2D eigenvalue weighted by atomic mass is 10.1. The van der Waals surface area contributed by atoms with Crippen LogP contribution in [0.4, 0.5) is 18.9 Å². The number of carbonyl (C=O) groups is 2. The van der Waals surface area contributed by atoms with Crippen LogP contribution in [-0.4, -0.2) is 51.4 Å². The number of ether oxygens (including phenoxy) is 1. The molecule has 1 unspecified atom stereocenters. The molecule has 0 bridgehead atoms. The number of sulfonamides is 1. The van der Waals surface area contributed by atoms with Crippen LogP contribution >= 0.6 is 0 Å². The molecule has 0 saturated heterocycles. The van der Waals surface area contributed by atoms with Crippen molar-refractivity contribution in [3.63, 3.8) is 0 Å². The van der Waals surface area contributed by atoms with Crippen molar-refractivity contribution >= 4 is 27.5 Å². The topological polar surface area (TPSA) is 96.0 Å². The van der Waals surface area contributed by atoms with Crippen molar-refractivity contribution in [3.8, 4) is 5.75 Å². The van der Waals surface area contributed by atoms with Gasteiger partial charge in [0.2, 0.25) is 11.8 Å². The third-order valence-corrected chi connectivity index (χ3v) is 8.37. The van der Waals surface area contributed by atoms with Crippen LogP contribution in [0.1, 0.15) is 37.8 Å². The molecule has 12 heteroatoms. The quantitative estimate of drug-likeness (QED) is 0.269. The fourth-order valence-corrected chi connectivity index (χ4v) is 5.56. The summed E-state index contributed by atoms with van der Waals surface area (Å²) >= 11 is 0. The molecule has 0 spiro atoms. The molecule has 8 nitrogen and oxygen atoms in total. The van der Waals surface area contributed by atoms with Crippen molar-refractivity contribution in [2.24, 2.45) is 0 Å². The second-order valence-corrected chi connectivity index (χ2v) is 11.4. The Hall–Kier alpha value is -4.06. The Labute approximate surface area is 244 Å². The molecule has 0 aliphatic rings. The van der Waals surface area contributed by atoms with Crippen LogP contribution in [0.2, 0.25) is 0 Å². The zero-order chi connectivity index (χ0) is 30.9. The minimum atomic E-state index is -4.74. The average Bonchev–Trinajstić information content (AvgIpc) is 2.98. The molecule has 0 aromatic heterocycles. The highest BCUT2D eigenvalue weighted by Gasteiger charge is 2.35. The number of carbonyl (C=O) groups excluding carboxylic acids is 2. The van der Waals surface area contributed by atoms with E-state index in [-0.39, 0.29) is 17.1 Å². The van der Waals surface area contributed by atoms with Crippen molar-refractivity contribution in [1.29, 1.82) is 0 Å². The molecule has 2 amide bonds. The summed E-state index contributed by atoms with van der Waals surface area (Å²) in [5.41, 5.74) is -0.778. The van der Waals surface area contributed by atoms with Crippen molar-refractivity contribution in [3.05, 3.63) is 90.0 Å². The van der Waals surface area contributed by atoms with Gasteiger partial charge < -0.3 is 15.0 Å². The number of hydrogen-bond donors (Lipinski definition) is 1. The first-order valence-corrected chi connectivity index (χ1v) is 14.8. The van der Waals surface area contributed by atoms with Crippen LogP contribution in [-0.2, 0) is 32.3 Å². The number of methoxy groups -OCH3 is 1. The minimum Gasteiger partial charge on any atom is -0.497 e. The zero-order valence-corrected chi connectivity index (χ0v) is 24.4. The number of unbranched alkanes of at least 4 members (excludes halogenated alkanes) is 1. The lowest BCUT2D eigenvalue weighted by Gasteiger charge is -2.32. The Morgan fingerprint density at radius 1 is 0.976 bits per heavy atom. The molecule has 3 aromatic carbocycles. The number of halogens is 3. The van der Waals surface area contributed by atoms with E-state index >= 15 is 0 Å². The van der Waals surface area contributed by atoms with E-state index in [2.05, 4.69) is 5.32 Å². The van der Waals surface area contributed by atoms with E-state index in [0.29, 0.717) is 28.2 Å². The first kappa shape index (κ1) is 32.5. The normalized spacial score (nSPS) is 12.3. The average molecular weight is 606 g/mol. The molecule has 42 heavy (non-hydrogen) atoms. The number of amides is 2. The van der Waals surface area contributed by atoms with Gasteiger partial charge in [0.05, 0.1) is 23.3 Å². The first-order valence-electron chi connectivity index (χ1n) is 13.3. The second kappa shape index (κ2) is 14.2. The van der Waals surface area contributed by atoms with Gasteiger partial charge in [-0.05, 0) is 61.4 Å². The SMILES string of the molecule is CCCCNC(=O)C(C)N(Cc1ccc(OC)cc1)C(=O)CN(c1cccc(C(F)(F)F)c1)S(=O)(=O)c1ccccc1.